The second kappa shape index (κ2) is 6.67. The Morgan fingerprint density at radius 2 is 1.95 bits per heavy atom. The number of carbonyl (C=O) groups is 2. The van der Waals surface area contributed by atoms with Crippen LogP contribution in [-0.4, -0.2) is 23.2 Å². The van der Waals surface area contributed by atoms with E-state index in [1.54, 1.807) is 0 Å². The quantitative estimate of drug-likeness (QED) is 0.785. The molecule has 1 aliphatic rings. The molecule has 1 amide bonds. The number of hydrogen-bond donors (Lipinski definition) is 2. The Hall–Kier alpha value is -1.58. The molecule has 0 fully saturated rings. The van der Waals surface area contributed by atoms with Crippen molar-refractivity contribution in [1.29, 1.82) is 0 Å². The molecule has 2 N–H and O–H groups in total. The van der Waals surface area contributed by atoms with E-state index in [4.69, 9.17) is 0 Å². The van der Waals surface area contributed by atoms with E-state index in [9.17, 15) is 9.59 Å². The predicted octanol–water partition coefficient (Wildman–Crippen LogP) is 3.79. The number of unbranched alkanes of at least 4 members (excludes halogenated alkanes) is 3. The van der Waals surface area contributed by atoms with E-state index in [1.807, 2.05) is 6.92 Å². The van der Waals surface area contributed by atoms with Crippen molar-refractivity contribution in [2.75, 3.05) is 6.54 Å². The van der Waals surface area contributed by atoms with E-state index in [2.05, 4.69) is 31.1 Å². The van der Waals surface area contributed by atoms with Crippen LogP contribution < -0.4 is 5.32 Å². The van der Waals surface area contributed by atoms with Gasteiger partial charge in [-0.1, -0.05) is 40.0 Å². The van der Waals surface area contributed by atoms with Crippen LogP contribution in [0.3, 0.4) is 0 Å². The minimum Gasteiger partial charge on any atom is -0.354 e. The summed E-state index contributed by atoms with van der Waals surface area (Å²) in [5, 5.41) is 2.96. The number of H-pyrrole nitrogens is 1. The molecule has 4 nitrogen and oxygen atoms in total. The number of Topliss-reactive ketones (excluding diaryl/α,β-unsaturated/α-hetero) is 1. The molecule has 1 aliphatic carbocycles. The van der Waals surface area contributed by atoms with E-state index in [1.165, 1.54) is 12.8 Å². The molecule has 1 aromatic heterocycles. The van der Waals surface area contributed by atoms with Crippen LogP contribution in [0.4, 0.5) is 0 Å². The maximum atomic E-state index is 12.3. The first-order chi connectivity index (χ1) is 10.4. The fourth-order valence-corrected chi connectivity index (χ4v) is 3.30. The third-order valence-electron chi connectivity index (χ3n) is 4.44. The zero-order valence-corrected chi connectivity index (χ0v) is 14.3. The molecule has 4 heteroatoms. The molecule has 1 heterocycles. The molecule has 0 radical (unpaired) electrons. The zero-order valence-electron chi connectivity index (χ0n) is 14.3. The van der Waals surface area contributed by atoms with Gasteiger partial charge >= 0.3 is 0 Å². The Morgan fingerprint density at radius 3 is 2.64 bits per heavy atom. The lowest BCUT2D eigenvalue weighted by Crippen LogP contribution is -2.26. The molecule has 0 aliphatic heterocycles. The van der Waals surface area contributed by atoms with Crippen LogP contribution in [0.15, 0.2) is 0 Å². The highest BCUT2D eigenvalue weighted by Gasteiger charge is 2.35. The number of aromatic amines is 1. The Morgan fingerprint density at radius 1 is 1.23 bits per heavy atom. The maximum absolute atomic E-state index is 12.3. The van der Waals surface area contributed by atoms with Gasteiger partial charge in [-0.25, -0.2) is 0 Å². The molecule has 0 saturated heterocycles. The molecular weight excluding hydrogens is 276 g/mol. The second-order valence-electron chi connectivity index (χ2n) is 7.24. The van der Waals surface area contributed by atoms with Gasteiger partial charge in [-0.05, 0) is 30.7 Å². The third kappa shape index (κ3) is 3.60. The lowest BCUT2D eigenvalue weighted by atomic mass is 9.75. The number of rotatable bonds is 6. The van der Waals surface area contributed by atoms with Crippen LogP contribution in [0.25, 0.3) is 0 Å². The molecule has 122 valence electrons. The highest BCUT2D eigenvalue weighted by molar-refractivity contribution is 6.04. The average Bonchev–Trinajstić information content (AvgIpc) is 2.74. The van der Waals surface area contributed by atoms with Gasteiger partial charge < -0.3 is 10.3 Å². The third-order valence-corrected chi connectivity index (χ3v) is 4.44. The first-order valence-corrected chi connectivity index (χ1v) is 8.38. The van der Waals surface area contributed by atoms with Crippen LogP contribution in [0.5, 0.6) is 0 Å². The summed E-state index contributed by atoms with van der Waals surface area (Å²) in [4.78, 5) is 27.9. The number of aromatic nitrogens is 1. The summed E-state index contributed by atoms with van der Waals surface area (Å²) in [6.45, 7) is 8.93. The molecule has 0 atom stereocenters. The number of carbonyl (C=O) groups excluding carboxylic acids is 2. The smallest absolute Gasteiger partial charge is 0.268 e. The second-order valence-corrected chi connectivity index (χ2v) is 7.24. The first kappa shape index (κ1) is 16.8. The Labute approximate surface area is 133 Å². The molecule has 2 rings (SSSR count). The molecule has 22 heavy (non-hydrogen) atoms. The summed E-state index contributed by atoms with van der Waals surface area (Å²) in [5.41, 5.74) is 3.01. The van der Waals surface area contributed by atoms with Crippen molar-refractivity contribution in [2.45, 2.75) is 66.2 Å². The SMILES string of the molecule is CCCCCCNC(=O)c1[nH]c2c(c1C)C(=O)CC(C)(C)C2. The average molecular weight is 304 g/mol. The molecular formula is C18H28N2O2. The van der Waals surface area contributed by atoms with Crippen molar-refractivity contribution >= 4 is 11.7 Å². The van der Waals surface area contributed by atoms with Crippen molar-refractivity contribution in [3.8, 4) is 0 Å². The van der Waals surface area contributed by atoms with Gasteiger partial charge in [-0.2, -0.15) is 0 Å². The lowest BCUT2D eigenvalue weighted by molar-refractivity contribution is 0.0909. The van der Waals surface area contributed by atoms with Crippen molar-refractivity contribution in [2.24, 2.45) is 5.41 Å². The van der Waals surface area contributed by atoms with Gasteiger partial charge in [-0.3, -0.25) is 9.59 Å². The van der Waals surface area contributed by atoms with E-state index >= 15 is 0 Å². The van der Waals surface area contributed by atoms with Crippen molar-refractivity contribution < 1.29 is 9.59 Å². The Balaban J connectivity index is 2.07. The van der Waals surface area contributed by atoms with Crippen molar-refractivity contribution in [3.05, 3.63) is 22.5 Å². The van der Waals surface area contributed by atoms with Crippen LogP contribution in [-0.2, 0) is 6.42 Å². The highest BCUT2D eigenvalue weighted by Crippen LogP contribution is 2.36. The van der Waals surface area contributed by atoms with E-state index in [0.717, 1.165) is 36.1 Å². The van der Waals surface area contributed by atoms with Crippen molar-refractivity contribution in [1.82, 2.24) is 10.3 Å². The van der Waals surface area contributed by atoms with E-state index in [0.29, 0.717) is 18.7 Å². The van der Waals surface area contributed by atoms with E-state index < -0.39 is 0 Å². The van der Waals surface area contributed by atoms with Gasteiger partial charge in [0, 0.05) is 24.2 Å². The maximum Gasteiger partial charge on any atom is 0.268 e. The van der Waals surface area contributed by atoms with Gasteiger partial charge in [0.05, 0.1) is 0 Å². The topological polar surface area (TPSA) is 62.0 Å². The van der Waals surface area contributed by atoms with Gasteiger partial charge in [0.25, 0.3) is 5.91 Å². The fourth-order valence-electron chi connectivity index (χ4n) is 3.30. The van der Waals surface area contributed by atoms with Gasteiger partial charge in [-0.15, -0.1) is 0 Å². The van der Waals surface area contributed by atoms with Crippen LogP contribution in [0, 0.1) is 12.3 Å². The highest BCUT2D eigenvalue weighted by atomic mass is 16.2. The van der Waals surface area contributed by atoms with Gasteiger partial charge in [0.15, 0.2) is 5.78 Å². The van der Waals surface area contributed by atoms with Gasteiger partial charge in [0.1, 0.15) is 5.69 Å². The summed E-state index contributed by atoms with van der Waals surface area (Å²) >= 11 is 0. The first-order valence-electron chi connectivity index (χ1n) is 8.38. The number of ketones is 1. The molecule has 0 unspecified atom stereocenters. The molecule has 0 saturated carbocycles. The standard InChI is InChI=1S/C18H28N2O2/c1-5-6-7-8-9-19-17(22)16-12(2)15-13(20-16)10-18(3,4)11-14(15)21/h20H,5-11H2,1-4H3,(H,19,22). The number of nitrogens with one attached hydrogen (secondary N) is 2. The van der Waals surface area contributed by atoms with E-state index in [-0.39, 0.29) is 17.1 Å². The summed E-state index contributed by atoms with van der Waals surface area (Å²) in [6, 6.07) is 0. The van der Waals surface area contributed by atoms with Crippen LogP contribution in [0.1, 0.15) is 85.0 Å². The number of amides is 1. The molecule has 1 aromatic rings. The summed E-state index contributed by atoms with van der Waals surface area (Å²) in [5.74, 6) is 0.0657. The zero-order chi connectivity index (χ0) is 16.3. The van der Waals surface area contributed by atoms with Crippen molar-refractivity contribution in [3.63, 3.8) is 0 Å². The molecule has 0 spiro atoms. The predicted molar refractivity (Wildman–Crippen MR) is 88.4 cm³/mol. The summed E-state index contributed by atoms with van der Waals surface area (Å²) in [7, 11) is 0. The Bertz CT molecular complexity index is 570. The van der Waals surface area contributed by atoms with Gasteiger partial charge in [0.2, 0.25) is 0 Å². The minimum absolute atomic E-state index is 0.0325. The number of fused-ring (bicyclic) bond motifs is 1. The monoisotopic (exact) mass is 304 g/mol. The molecule has 0 bridgehead atoms. The lowest BCUT2D eigenvalue weighted by Gasteiger charge is -2.28. The summed E-state index contributed by atoms with van der Waals surface area (Å²) in [6.07, 6.45) is 5.91. The summed E-state index contributed by atoms with van der Waals surface area (Å²) < 4.78 is 0. The molecule has 0 aromatic carbocycles. The van der Waals surface area contributed by atoms with Crippen LogP contribution >= 0.6 is 0 Å². The van der Waals surface area contributed by atoms with Crippen LogP contribution in [0.2, 0.25) is 0 Å². The largest absolute Gasteiger partial charge is 0.354 e. The Kier molecular flexibility index (Phi) is 5.09. The normalized spacial score (nSPS) is 16.5. The fraction of sp³-hybridized carbons (Fsp3) is 0.667. The number of hydrogen-bond acceptors (Lipinski definition) is 2. The minimum atomic E-state index is -0.0889.